The predicted octanol–water partition coefficient (Wildman–Crippen LogP) is 2.37. The highest BCUT2D eigenvalue weighted by Gasteiger charge is 2.34. The Bertz CT molecular complexity index is 787. The molecule has 3 rings (SSSR count). The molecule has 0 bridgehead atoms. The Morgan fingerprint density at radius 1 is 0.900 bits per heavy atom. The van der Waals surface area contributed by atoms with E-state index in [1.54, 1.807) is 6.07 Å². The molecular weight excluding hydrogens is 256 g/mol. The summed E-state index contributed by atoms with van der Waals surface area (Å²) in [6.07, 6.45) is 0. The molecule has 4 nitrogen and oxygen atoms in total. The summed E-state index contributed by atoms with van der Waals surface area (Å²) >= 11 is 0. The standard InChI is InChI=1S/C16H10O4/c1-8(17)9-4-2-5-10-13(9)16(20)14-11(15(10)19)6-3-7-12(14)18/h2-7,18H,1H3. The molecular formula is C16H10O4. The van der Waals surface area contributed by atoms with Crippen LogP contribution in [0.2, 0.25) is 0 Å². The topological polar surface area (TPSA) is 71.4 Å². The average molecular weight is 266 g/mol. The van der Waals surface area contributed by atoms with Crippen molar-refractivity contribution in [3.05, 3.63) is 64.2 Å². The molecule has 0 aliphatic heterocycles. The van der Waals surface area contributed by atoms with Crippen LogP contribution in [0.15, 0.2) is 36.4 Å². The molecule has 0 aromatic heterocycles. The summed E-state index contributed by atoms with van der Waals surface area (Å²) in [6, 6.07) is 8.98. The van der Waals surface area contributed by atoms with Gasteiger partial charge >= 0.3 is 0 Å². The molecule has 0 heterocycles. The van der Waals surface area contributed by atoms with Crippen LogP contribution in [0.25, 0.3) is 0 Å². The number of carbonyl (C=O) groups excluding carboxylic acids is 3. The minimum Gasteiger partial charge on any atom is -0.507 e. The van der Waals surface area contributed by atoms with Crippen molar-refractivity contribution in [2.24, 2.45) is 0 Å². The Labute approximate surface area is 114 Å². The van der Waals surface area contributed by atoms with E-state index in [1.807, 2.05) is 0 Å². The van der Waals surface area contributed by atoms with E-state index in [0.29, 0.717) is 0 Å². The van der Waals surface area contributed by atoms with Gasteiger partial charge in [0.1, 0.15) is 5.75 Å². The molecule has 1 aliphatic carbocycles. The first-order chi connectivity index (χ1) is 9.52. The van der Waals surface area contributed by atoms with E-state index in [2.05, 4.69) is 0 Å². The third kappa shape index (κ3) is 1.51. The van der Waals surface area contributed by atoms with Crippen molar-refractivity contribution >= 4 is 17.3 Å². The average Bonchev–Trinajstić information content (AvgIpc) is 2.43. The fourth-order valence-electron chi connectivity index (χ4n) is 2.52. The number of carbonyl (C=O) groups is 3. The van der Waals surface area contributed by atoms with Gasteiger partial charge in [-0.15, -0.1) is 0 Å². The third-order valence-corrected chi connectivity index (χ3v) is 3.43. The molecule has 1 aliphatic rings. The molecule has 0 atom stereocenters. The number of fused-ring (bicyclic) bond motifs is 2. The number of aromatic hydroxyl groups is 1. The first-order valence-corrected chi connectivity index (χ1v) is 6.07. The first kappa shape index (κ1) is 12.3. The van der Waals surface area contributed by atoms with E-state index in [4.69, 9.17) is 0 Å². The van der Waals surface area contributed by atoms with E-state index in [1.165, 1.54) is 37.3 Å². The van der Waals surface area contributed by atoms with Crippen molar-refractivity contribution < 1.29 is 19.5 Å². The van der Waals surface area contributed by atoms with Crippen molar-refractivity contribution in [2.75, 3.05) is 0 Å². The first-order valence-electron chi connectivity index (χ1n) is 6.07. The van der Waals surface area contributed by atoms with Crippen LogP contribution in [0, 0.1) is 0 Å². The van der Waals surface area contributed by atoms with E-state index >= 15 is 0 Å². The molecule has 0 amide bonds. The van der Waals surface area contributed by atoms with Gasteiger partial charge in [0.2, 0.25) is 0 Å². The van der Waals surface area contributed by atoms with Gasteiger partial charge in [0, 0.05) is 22.3 Å². The summed E-state index contributed by atoms with van der Waals surface area (Å²) in [5, 5.41) is 9.84. The largest absolute Gasteiger partial charge is 0.507 e. The van der Waals surface area contributed by atoms with Gasteiger partial charge in [-0.05, 0) is 13.0 Å². The minimum atomic E-state index is -0.487. The van der Waals surface area contributed by atoms with Crippen LogP contribution in [0.1, 0.15) is 49.1 Å². The van der Waals surface area contributed by atoms with Crippen molar-refractivity contribution in [3.63, 3.8) is 0 Å². The van der Waals surface area contributed by atoms with Gasteiger partial charge in [0.15, 0.2) is 17.3 Å². The van der Waals surface area contributed by atoms with Crippen LogP contribution in [0.3, 0.4) is 0 Å². The van der Waals surface area contributed by atoms with Crippen LogP contribution < -0.4 is 0 Å². The quantitative estimate of drug-likeness (QED) is 0.686. The lowest BCUT2D eigenvalue weighted by molar-refractivity contribution is 0.0965. The monoisotopic (exact) mass is 266 g/mol. The number of benzene rings is 2. The molecule has 0 fully saturated rings. The Kier molecular flexibility index (Phi) is 2.54. The highest BCUT2D eigenvalue weighted by Crippen LogP contribution is 2.34. The van der Waals surface area contributed by atoms with E-state index < -0.39 is 5.78 Å². The van der Waals surface area contributed by atoms with Gasteiger partial charge in [0.25, 0.3) is 0 Å². The summed E-state index contributed by atoms with van der Waals surface area (Å²) in [4.78, 5) is 36.6. The van der Waals surface area contributed by atoms with Crippen molar-refractivity contribution in [3.8, 4) is 5.75 Å². The number of hydrogen-bond donors (Lipinski definition) is 1. The molecule has 20 heavy (non-hydrogen) atoms. The lowest BCUT2D eigenvalue weighted by Crippen LogP contribution is -2.23. The molecule has 4 heteroatoms. The second-order valence-electron chi connectivity index (χ2n) is 4.64. The highest BCUT2D eigenvalue weighted by molar-refractivity contribution is 6.31. The molecule has 0 saturated carbocycles. The van der Waals surface area contributed by atoms with Crippen molar-refractivity contribution in [1.29, 1.82) is 0 Å². The van der Waals surface area contributed by atoms with Gasteiger partial charge < -0.3 is 5.11 Å². The molecule has 2 aromatic rings. The lowest BCUT2D eigenvalue weighted by Gasteiger charge is -2.19. The zero-order chi connectivity index (χ0) is 14.4. The second kappa shape index (κ2) is 4.13. The predicted molar refractivity (Wildman–Crippen MR) is 71.4 cm³/mol. The summed E-state index contributed by atoms with van der Waals surface area (Å²) in [5.74, 6) is -1.38. The molecule has 98 valence electrons. The van der Waals surface area contributed by atoms with Crippen LogP contribution in [-0.4, -0.2) is 22.5 Å². The molecule has 0 radical (unpaired) electrons. The maximum Gasteiger partial charge on any atom is 0.198 e. The minimum absolute atomic E-state index is 0.0290. The number of phenols is 1. The summed E-state index contributed by atoms with van der Waals surface area (Å²) in [5.41, 5.74) is 0.636. The van der Waals surface area contributed by atoms with E-state index in [9.17, 15) is 19.5 Å². The van der Waals surface area contributed by atoms with E-state index in [-0.39, 0.29) is 45.1 Å². The summed E-state index contributed by atoms with van der Waals surface area (Å²) in [7, 11) is 0. The van der Waals surface area contributed by atoms with Crippen LogP contribution in [0.5, 0.6) is 5.75 Å². The van der Waals surface area contributed by atoms with Gasteiger partial charge in [-0.1, -0.05) is 30.3 Å². The number of rotatable bonds is 1. The smallest absolute Gasteiger partial charge is 0.198 e. The highest BCUT2D eigenvalue weighted by atomic mass is 16.3. The normalized spacial score (nSPS) is 12.8. The summed E-state index contributed by atoms with van der Waals surface area (Å²) < 4.78 is 0. The molecule has 1 N–H and O–H groups in total. The van der Waals surface area contributed by atoms with Crippen molar-refractivity contribution in [2.45, 2.75) is 6.92 Å². The van der Waals surface area contributed by atoms with Gasteiger partial charge in [0.05, 0.1) is 5.56 Å². The van der Waals surface area contributed by atoms with Gasteiger partial charge in [-0.2, -0.15) is 0 Å². The maximum atomic E-state index is 12.5. The fourth-order valence-corrected chi connectivity index (χ4v) is 2.52. The van der Waals surface area contributed by atoms with Gasteiger partial charge in [-0.25, -0.2) is 0 Å². The maximum absolute atomic E-state index is 12.5. The number of phenolic OH excluding ortho intramolecular Hbond substituents is 1. The van der Waals surface area contributed by atoms with Gasteiger partial charge in [-0.3, -0.25) is 14.4 Å². The Morgan fingerprint density at radius 3 is 2.15 bits per heavy atom. The zero-order valence-corrected chi connectivity index (χ0v) is 10.6. The van der Waals surface area contributed by atoms with E-state index in [0.717, 1.165) is 0 Å². The van der Waals surface area contributed by atoms with Crippen molar-refractivity contribution in [1.82, 2.24) is 0 Å². The number of hydrogen-bond acceptors (Lipinski definition) is 4. The van der Waals surface area contributed by atoms with Crippen LogP contribution in [-0.2, 0) is 0 Å². The summed E-state index contributed by atoms with van der Waals surface area (Å²) in [6.45, 7) is 1.34. The fraction of sp³-hybridized carbons (Fsp3) is 0.0625. The van der Waals surface area contributed by atoms with Crippen LogP contribution in [0.4, 0.5) is 0 Å². The second-order valence-corrected chi connectivity index (χ2v) is 4.64. The number of ketones is 3. The Hall–Kier alpha value is -2.75. The lowest BCUT2D eigenvalue weighted by atomic mass is 9.81. The molecule has 0 spiro atoms. The molecule has 2 aromatic carbocycles. The SMILES string of the molecule is CC(=O)c1cccc2c1C(=O)c1c(O)cccc1C2=O. The Morgan fingerprint density at radius 2 is 1.50 bits per heavy atom. The third-order valence-electron chi connectivity index (χ3n) is 3.43. The molecule has 0 saturated heterocycles. The Balaban J connectivity index is 2.39. The molecule has 0 unspecified atom stereocenters. The zero-order valence-electron chi connectivity index (χ0n) is 10.6. The van der Waals surface area contributed by atoms with Crippen LogP contribution >= 0.6 is 0 Å². The number of Topliss-reactive ketones (excluding diaryl/α,β-unsaturated/α-hetero) is 1.